The van der Waals surface area contributed by atoms with Crippen LogP contribution in [0.5, 0.6) is 0 Å². The number of Topliss-reactive ketones (excluding diaryl/α,β-unsaturated/α-hetero) is 1. The molecule has 1 fully saturated rings. The number of carbonyl (C=O) groups excluding carboxylic acids is 5. The standard InChI is InChI=1S/C28H42N4O5S2/c1-5-29-28(37)26(35)22(16-20-12-10-19(4)11-13-20)31-27(36)25(18(2)3)32-24(34)17-30-23(33)9-7-6-8-21-14-15-38-39-21/h10-13,18,21-22,25H,5-9,14-17H2,1-4H3,(H,29,37)(H,30,33)(H,31,36)(H,32,34)/t21?,22-,25-/m0/s1. The molecule has 1 heterocycles. The average molecular weight is 579 g/mol. The van der Waals surface area contributed by atoms with Gasteiger partial charge in [-0.1, -0.05) is 71.7 Å². The van der Waals surface area contributed by atoms with Crippen LogP contribution in [0.15, 0.2) is 24.3 Å². The Hall–Kier alpha value is -2.53. The highest BCUT2D eigenvalue weighted by Gasteiger charge is 2.31. The van der Waals surface area contributed by atoms with E-state index >= 15 is 0 Å². The summed E-state index contributed by atoms with van der Waals surface area (Å²) in [7, 11) is 3.83. The second-order valence-electron chi connectivity index (χ2n) is 10.1. The van der Waals surface area contributed by atoms with E-state index in [2.05, 4.69) is 21.3 Å². The Kier molecular flexibility index (Phi) is 14.4. The molecule has 9 nitrogen and oxygen atoms in total. The second-order valence-corrected chi connectivity index (χ2v) is 12.9. The highest BCUT2D eigenvalue weighted by molar-refractivity contribution is 8.77. The molecule has 0 spiro atoms. The van der Waals surface area contributed by atoms with Crippen molar-refractivity contribution >= 4 is 51.0 Å². The van der Waals surface area contributed by atoms with Gasteiger partial charge in [0.2, 0.25) is 23.5 Å². The van der Waals surface area contributed by atoms with E-state index in [9.17, 15) is 24.0 Å². The third-order valence-corrected chi connectivity index (χ3v) is 9.38. The molecule has 1 unspecified atom stereocenters. The van der Waals surface area contributed by atoms with Gasteiger partial charge >= 0.3 is 0 Å². The zero-order chi connectivity index (χ0) is 28.8. The summed E-state index contributed by atoms with van der Waals surface area (Å²) in [5.41, 5.74) is 1.84. The molecular weight excluding hydrogens is 536 g/mol. The number of unbranched alkanes of at least 4 members (excludes halogenated alkanes) is 1. The molecule has 39 heavy (non-hydrogen) atoms. The van der Waals surface area contributed by atoms with Gasteiger partial charge in [0.1, 0.15) is 12.1 Å². The normalized spacial score (nSPS) is 16.3. The summed E-state index contributed by atoms with van der Waals surface area (Å²) < 4.78 is 0. The fourth-order valence-electron chi connectivity index (χ4n) is 4.09. The van der Waals surface area contributed by atoms with E-state index in [0.29, 0.717) is 11.7 Å². The molecule has 4 amide bonds. The molecule has 1 saturated heterocycles. The number of aryl methyl sites for hydroxylation is 1. The van der Waals surface area contributed by atoms with Gasteiger partial charge in [0.25, 0.3) is 5.91 Å². The fourth-order valence-corrected chi connectivity index (χ4v) is 7.11. The van der Waals surface area contributed by atoms with Gasteiger partial charge in [0.15, 0.2) is 0 Å². The van der Waals surface area contributed by atoms with Gasteiger partial charge in [0, 0.05) is 30.4 Å². The molecule has 11 heteroatoms. The Bertz CT molecular complexity index is 981. The minimum Gasteiger partial charge on any atom is -0.350 e. The van der Waals surface area contributed by atoms with Crippen molar-refractivity contribution in [3.8, 4) is 0 Å². The smallest absolute Gasteiger partial charge is 0.289 e. The average Bonchev–Trinajstić information content (AvgIpc) is 3.42. The van der Waals surface area contributed by atoms with Crippen LogP contribution < -0.4 is 21.3 Å². The van der Waals surface area contributed by atoms with E-state index < -0.39 is 35.6 Å². The third-order valence-electron chi connectivity index (χ3n) is 6.37. The number of nitrogens with one attached hydrogen (secondary N) is 4. The first kappa shape index (κ1) is 32.7. The van der Waals surface area contributed by atoms with Gasteiger partial charge in [-0.2, -0.15) is 0 Å². The summed E-state index contributed by atoms with van der Waals surface area (Å²) in [5, 5.41) is 11.1. The van der Waals surface area contributed by atoms with Crippen LogP contribution in [0.3, 0.4) is 0 Å². The number of ketones is 1. The first-order chi connectivity index (χ1) is 18.6. The van der Waals surface area contributed by atoms with Crippen LogP contribution >= 0.6 is 21.6 Å². The first-order valence-corrected chi connectivity index (χ1v) is 16.0. The summed E-state index contributed by atoms with van der Waals surface area (Å²) in [6.07, 6.45) is 4.56. The summed E-state index contributed by atoms with van der Waals surface area (Å²) in [5.74, 6) is -1.89. The Labute approximate surface area is 239 Å². The van der Waals surface area contributed by atoms with Gasteiger partial charge < -0.3 is 21.3 Å². The van der Waals surface area contributed by atoms with Gasteiger partial charge in [-0.25, -0.2) is 0 Å². The van der Waals surface area contributed by atoms with Gasteiger partial charge in [-0.05, 0) is 44.6 Å². The lowest BCUT2D eigenvalue weighted by Gasteiger charge is -2.25. The van der Waals surface area contributed by atoms with Crippen molar-refractivity contribution in [1.82, 2.24) is 21.3 Å². The van der Waals surface area contributed by atoms with E-state index in [1.807, 2.05) is 52.8 Å². The fraction of sp³-hybridized carbons (Fsp3) is 0.607. The zero-order valence-corrected chi connectivity index (χ0v) is 25.0. The second kappa shape index (κ2) is 17.2. The Morgan fingerprint density at radius 1 is 0.974 bits per heavy atom. The largest absolute Gasteiger partial charge is 0.350 e. The molecule has 1 aromatic rings. The monoisotopic (exact) mass is 578 g/mol. The first-order valence-electron chi connectivity index (χ1n) is 13.6. The number of hydrogen-bond acceptors (Lipinski definition) is 7. The van der Waals surface area contributed by atoms with E-state index in [1.54, 1.807) is 20.8 Å². The van der Waals surface area contributed by atoms with Crippen molar-refractivity contribution in [3.63, 3.8) is 0 Å². The predicted octanol–water partition coefficient (Wildman–Crippen LogP) is 2.70. The molecule has 3 atom stereocenters. The molecule has 2 rings (SSSR count). The number of hydrogen-bond donors (Lipinski definition) is 4. The summed E-state index contributed by atoms with van der Waals surface area (Å²) in [6.45, 7) is 7.23. The minimum atomic E-state index is -1.09. The zero-order valence-electron chi connectivity index (χ0n) is 23.3. The lowest BCUT2D eigenvalue weighted by Crippen LogP contribution is -2.57. The van der Waals surface area contributed by atoms with Crippen molar-refractivity contribution in [2.24, 2.45) is 5.92 Å². The molecule has 0 bridgehead atoms. The maximum absolute atomic E-state index is 13.2. The topological polar surface area (TPSA) is 133 Å². The van der Waals surface area contributed by atoms with Crippen molar-refractivity contribution in [2.45, 2.75) is 83.6 Å². The quantitative estimate of drug-likeness (QED) is 0.135. The van der Waals surface area contributed by atoms with Crippen LogP contribution in [0.2, 0.25) is 0 Å². The maximum Gasteiger partial charge on any atom is 0.289 e. The predicted molar refractivity (Wildman–Crippen MR) is 157 cm³/mol. The van der Waals surface area contributed by atoms with Crippen LogP contribution in [0.1, 0.15) is 64.0 Å². The van der Waals surface area contributed by atoms with Crippen LogP contribution in [0, 0.1) is 12.8 Å². The number of benzene rings is 1. The molecule has 0 radical (unpaired) electrons. The highest BCUT2D eigenvalue weighted by atomic mass is 33.1. The van der Waals surface area contributed by atoms with E-state index in [4.69, 9.17) is 0 Å². The van der Waals surface area contributed by atoms with Gasteiger partial charge in [-0.3, -0.25) is 24.0 Å². The van der Waals surface area contributed by atoms with E-state index in [-0.39, 0.29) is 31.3 Å². The summed E-state index contributed by atoms with van der Waals surface area (Å²) in [4.78, 5) is 63.0. The van der Waals surface area contributed by atoms with Crippen molar-refractivity contribution in [3.05, 3.63) is 35.4 Å². The number of amides is 4. The van der Waals surface area contributed by atoms with Crippen LogP contribution in [-0.2, 0) is 30.4 Å². The lowest BCUT2D eigenvalue weighted by atomic mass is 9.98. The molecule has 1 aromatic carbocycles. The summed E-state index contributed by atoms with van der Waals surface area (Å²) in [6, 6.07) is 5.44. The van der Waals surface area contributed by atoms with Crippen molar-refractivity contribution in [2.75, 3.05) is 18.8 Å². The third kappa shape index (κ3) is 12.0. The number of likely N-dealkylation sites (N-methyl/N-ethyl adjacent to an activating group) is 1. The molecule has 0 aliphatic carbocycles. The van der Waals surface area contributed by atoms with Crippen molar-refractivity contribution in [1.29, 1.82) is 0 Å². The Morgan fingerprint density at radius 3 is 2.31 bits per heavy atom. The lowest BCUT2D eigenvalue weighted by molar-refractivity contribution is -0.140. The van der Waals surface area contributed by atoms with Crippen LogP contribution in [0.4, 0.5) is 0 Å². The maximum atomic E-state index is 13.2. The van der Waals surface area contributed by atoms with E-state index in [0.717, 1.165) is 30.4 Å². The molecule has 216 valence electrons. The van der Waals surface area contributed by atoms with Gasteiger partial charge in [-0.15, -0.1) is 0 Å². The molecule has 1 aliphatic rings. The van der Waals surface area contributed by atoms with E-state index in [1.165, 1.54) is 12.2 Å². The SMILES string of the molecule is CCNC(=O)C(=O)[C@H](Cc1ccc(C)cc1)NC(=O)[C@@H](NC(=O)CNC(=O)CCCCC1CCSS1)C(C)C. The highest BCUT2D eigenvalue weighted by Crippen LogP contribution is 2.39. The molecule has 0 saturated carbocycles. The van der Waals surface area contributed by atoms with Crippen LogP contribution in [0.25, 0.3) is 0 Å². The van der Waals surface area contributed by atoms with Crippen LogP contribution in [-0.4, -0.2) is 65.6 Å². The van der Waals surface area contributed by atoms with Gasteiger partial charge in [0.05, 0.1) is 6.54 Å². The minimum absolute atomic E-state index is 0.134. The summed E-state index contributed by atoms with van der Waals surface area (Å²) >= 11 is 0. The number of rotatable bonds is 16. The molecule has 0 aromatic heterocycles. The Balaban J connectivity index is 1.90. The molecule has 4 N–H and O–H groups in total. The molecular formula is C28H42N4O5S2. The van der Waals surface area contributed by atoms with Crippen molar-refractivity contribution < 1.29 is 24.0 Å². The number of carbonyl (C=O) groups is 5. The molecule has 1 aliphatic heterocycles. The Morgan fingerprint density at radius 2 is 1.69 bits per heavy atom.